The van der Waals surface area contributed by atoms with Crippen LogP contribution in [0.15, 0.2) is 77.2 Å². The minimum absolute atomic E-state index is 0.624. The molecule has 0 bridgehead atoms. The number of fused-ring (bicyclic) bond motifs is 1. The SMILES string of the molecule is Clc1ccc(-c2c(CNCc3ccccc3)oc3ccc(Cl)cc23)cc1. The second kappa shape index (κ2) is 7.55. The molecule has 0 aliphatic heterocycles. The lowest BCUT2D eigenvalue weighted by molar-refractivity contribution is 0.515. The van der Waals surface area contributed by atoms with Gasteiger partial charge in [-0.25, -0.2) is 0 Å². The second-order valence-corrected chi connectivity index (χ2v) is 7.01. The normalized spacial score (nSPS) is 11.2. The zero-order valence-electron chi connectivity index (χ0n) is 14.0. The highest BCUT2D eigenvalue weighted by molar-refractivity contribution is 6.31. The van der Waals surface area contributed by atoms with E-state index < -0.39 is 0 Å². The number of hydrogen-bond acceptors (Lipinski definition) is 2. The van der Waals surface area contributed by atoms with Gasteiger partial charge in [-0.2, -0.15) is 0 Å². The summed E-state index contributed by atoms with van der Waals surface area (Å²) < 4.78 is 6.12. The number of hydrogen-bond donors (Lipinski definition) is 1. The quantitative estimate of drug-likeness (QED) is 0.416. The molecule has 1 N–H and O–H groups in total. The summed E-state index contributed by atoms with van der Waals surface area (Å²) in [6.45, 7) is 1.40. The predicted molar refractivity (Wildman–Crippen MR) is 109 cm³/mol. The number of nitrogens with one attached hydrogen (secondary N) is 1. The molecule has 0 atom stereocenters. The first-order chi connectivity index (χ1) is 12.7. The van der Waals surface area contributed by atoms with Crippen LogP contribution in [0.2, 0.25) is 10.0 Å². The maximum Gasteiger partial charge on any atom is 0.135 e. The number of halogens is 2. The third-order valence-corrected chi connectivity index (χ3v) is 4.80. The van der Waals surface area contributed by atoms with E-state index in [9.17, 15) is 0 Å². The van der Waals surface area contributed by atoms with Crippen LogP contribution in [0.3, 0.4) is 0 Å². The summed E-state index contributed by atoms with van der Waals surface area (Å²) in [5, 5.41) is 5.88. The van der Waals surface area contributed by atoms with Crippen LogP contribution in [0.4, 0.5) is 0 Å². The first kappa shape index (κ1) is 17.2. The predicted octanol–water partition coefficient (Wildman–Crippen LogP) is 6.70. The Bertz CT molecular complexity index is 1020. The van der Waals surface area contributed by atoms with Crippen molar-refractivity contribution in [3.63, 3.8) is 0 Å². The van der Waals surface area contributed by atoms with Crippen molar-refractivity contribution in [1.82, 2.24) is 5.32 Å². The fourth-order valence-corrected chi connectivity index (χ4v) is 3.39. The zero-order valence-corrected chi connectivity index (χ0v) is 15.5. The summed E-state index contributed by atoms with van der Waals surface area (Å²) in [6.07, 6.45) is 0. The monoisotopic (exact) mass is 381 g/mol. The van der Waals surface area contributed by atoms with E-state index in [-0.39, 0.29) is 0 Å². The minimum atomic E-state index is 0.624. The largest absolute Gasteiger partial charge is 0.459 e. The van der Waals surface area contributed by atoms with Crippen molar-refractivity contribution in [1.29, 1.82) is 0 Å². The van der Waals surface area contributed by atoms with Gasteiger partial charge in [0.1, 0.15) is 11.3 Å². The maximum absolute atomic E-state index is 6.22. The molecule has 2 nitrogen and oxygen atoms in total. The molecule has 4 rings (SSSR count). The van der Waals surface area contributed by atoms with Crippen molar-refractivity contribution in [2.24, 2.45) is 0 Å². The van der Waals surface area contributed by atoms with E-state index in [4.69, 9.17) is 27.6 Å². The van der Waals surface area contributed by atoms with Crippen molar-refractivity contribution in [2.45, 2.75) is 13.1 Å². The van der Waals surface area contributed by atoms with Gasteiger partial charge in [0.05, 0.1) is 6.54 Å². The minimum Gasteiger partial charge on any atom is -0.459 e. The third-order valence-electron chi connectivity index (χ3n) is 4.31. The Balaban J connectivity index is 1.69. The van der Waals surface area contributed by atoms with E-state index in [0.29, 0.717) is 16.6 Å². The fraction of sp³-hybridized carbons (Fsp3) is 0.0909. The molecule has 1 heterocycles. The second-order valence-electron chi connectivity index (χ2n) is 6.14. The lowest BCUT2D eigenvalue weighted by Gasteiger charge is -2.06. The molecule has 130 valence electrons. The third kappa shape index (κ3) is 3.63. The Morgan fingerprint density at radius 3 is 2.27 bits per heavy atom. The van der Waals surface area contributed by atoms with Gasteiger partial charge in [-0.1, -0.05) is 65.7 Å². The maximum atomic E-state index is 6.22. The lowest BCUT2D eigenvalue weighted by atomic mass is 10.0. The molecule has 0 spiro atoms. The van der Waals surface area contributed by atoms with Gasteiger partial charge >= 0.3 is 0 Å². The standard InChI is InChI=1S/C22H17Cl2NO/c23-17-8-6-16(7-9-17)22-19-12-18(24)10-11-20(19)26-21(22)14-25-13-15-4-2-1-3-5-15/h1-12,25H,13-14H2. The zero-order chi connectivity index (χ0) is 17.9. The number of furan rings is 1. The van der Waals surface area contributed by atoms with Crippen LogP contribution in [0.1, 0.15) is 11.3 Å². The fourth-order valence-electron chi connectivity index (χ4n) is 3.09. The molecular weight excluding hydrogens is 365 g/mol. The van der Waals surface area contributed by atoms with Crippen molar-refractivity contribution < 1.29 is 4.42 Å². The van der Waals surface area contributed by atoms with Gasteiger partial charge < -0.3 is 9.73 Å². The van der Waals surface area contributed by atoms with E-state index in [1.165, 1.54) is 5.56 Å². The van der Waals surface area contributed by atoms with Gasteiger partial charge in [0, 0.05) is 27.5 Å². The average molecular weight is 382 g/mol. The van der Waals surface area contributed by atoms with E-state index in [0.717, 1.165) is 34.4 Å². The molecular formula is C22H17Cl2NO. The van der Waals surface area contributed by atoms with Crippen LogP contribution in [0.5, 0.6) is 0 Å². The molecule has 4 heteroatoms. The Morgan fingerprint density at radius 1 is 0.769 bits per heavy atom. The Morgan fingerprint density at radius 2 is 1.50 bits per heavy atom. The molecule has 0 saturated carbocycles. The van der Waals surface area contributed by atoms with Gasteiger partial charge in [-0.05, 0) is 41.5 Å². The first-order valence-corrected chi connectivity index (χ1v) is 9.18. The highest BCUT2D eigenvalue weighted by Gasteiger charge is 2.16. The summed E-state index contributed by atoms with van der Waals surface area (Å²) >= 11 is 12.3. The molecule has 0 amide bonds. The van der Waals surface area contributed by atoms with E-state index >= 15 is 0 Å². The summed E-state index contributed by atoms with van der Waals surface area (Å²) in [7, 11) is 0. The summed E-state index contributed by atoms with van der Waals surface area (Å²) in [5.41, 5.74) is 4.18. The molecule has 1 aromatic heterocycles. The van der Waals surface area contributed by atoms with Gasteiger partial charge in [0.25, 0.3) is 0 Å². The van der Waals surface area contributed by atoms with Crippen molar-refractivity contribution >= 4 is 34.2 Å². The van der Waals surface area contributed by atoms with Gasteiger partial charge in [-0.15, -0.1) is 0 Å². The van der Waals surface area contributed by atoms with Gasteiger partial charge in [0.15, 0.2) is 0 Å². The van der Waals surface area contributed by atoms with Gasteiger partial charge in [-0.3, -0.25) is 0 Å². The first-order valence-electron chi connectivity index (χ1n) is 8.42. The van der Waals surface area contributed by atoms with Crippen molar-refractivity contribution in [3.05, 3.63) is 94.2 Å². The highest BCUT2D eigenvalue weighted by Crippen LogP contribution is 2.36. The Labute approximate surface area is 162 Å². The topological polar surface area (TPSA) is 25.2 Å². The van der Waals surface area contributed by atoms with E-state index in [1.54, 1.807) is 0 Å². The van der Waals surface area contributed by atoms with Crippen LogP contribution < -0.4 is 5.32 Å². The molecule has 3 aromatic carbocycles. The molecule has 4 aromatic rings. The van der Waals surface area contributed by atoms with Crippen LogP contribution in [0.25, 0.3) is 22.1 Å². The molecule has 0 fully saturated rings. The van der Waals surface area contributed by atoms with Crippen LogP contribution in [-0.4, -0.2) is 0 Å². The van der Waals surface area contributed by atoms with Crippen LogP contribution >= 0.6 is 23.2 Å². The molecule has 0 aliphatic carbocycles. The molecule has 0 radical (unpaired) electrons. The average Bonchev–Trinajstić information content (AvgIpc) is 3.01. The van der Waals surface area contributed by atoms with Gasteiger partial charge in [0.2, 0.25) is 0 Å². The summed E-state index contributed by atoms with van der Waals surface area (Å²) in [5.74, 6) is 0.889. The number of benzene rings is 3. The molecule has 26 heavy (non-hydrogen) atoms. The Kier molecular flexibility index (Phi) is 4.98. The molecule has 0 aliphatic rings. The van der Waals surface area contributed by atoms with Crippen molar-refractivity contribution in [2.75, 3.05) is 0 Å². The van der Waals surface area contributed by atoms with E-state index in [1.807, 2.05) is 60.7 Å². The van der Waals surface area contributed by atoms with Crippen LogP contribution in [0, 0.1) is 0 Å². The molecule has 0 unspecified atom stereocenters. The van der Waals surface area contributed by atoms with Crippen LogP contribution in [-0.2, 0) is 13.1 Å². The summed E-state index contributed by atoms with van der Waals surface area (Å²) in [6, 6.07) is 23.8. The van der Waals surface area contributed by atoms with E-state index in [2.05, 4.69) is 17.4 Å². The highest BCUT2D eigenvalue weighted by atomic mass is 35.5. The molecule has 0 saturated heterocycles. The summed E-state index contributed by atoms with van der Waals surface area (Å²) in [4.78, 5) is 0. The lowest BCUT2D eigenvalue weighted by Crippen LogP contribution is -2.12. The Hall–Kier alpha value is -2.26. The smallest absolute Gasteiger partial charge is 0.135 e. The number of rotatable bonds is 5. The van der Waals surface area contributed by atoms with Crippen molar-refractivity contribution in [3.8, 4) is 11.1 Å².